The number of hydrogen-bond donors (Lipinski definition) is 1. The van der Waals surface area contributed by atoms with E-state index in [1.807, 2.05) is 0 Å². The van der Waals surface area contributed by atoms with E-state index in [1.54, 1.807) is 18.1 Å². The monoisotopic (exact) mass is 230 g/mol. The standard InChI is InChI=1S/C9H15ClN4O/c1-14-7-12-8(13-14)6-11-9(15)4-2-3-5-10/h7H,2-6H2,1H3,(H,11,15). The molecule has 0 saturated carbocycles. The molecule has 0 saturated heterocycles. The summed E-state index contributed by atoms with van der Waals surface area (Å²) in [7, 11) is 1.79. The largest absolute Gasteiger partial charge is 0.349 e. The molecule has 1 amide bonds. The Kier molecular flexibility index (Phi) is 5.10. The number of carbonyl (C=O) groups is 1. The van der Waals surface area contributed by atoms with Crippen molar-refractivity contribution in [2.45, 2.75) is 25.8 Å². The molecular formula is C9H15ClN4O. The van der Waals surface area contributed by atoms with Gasteiger partial charge >= 0.3 is 0 Å². The lowest BCUT2D eigenvalue weighted by molar-refractivity contribution is -0.121. The van der Waals surface area contributed by atoms with Crippen molar-refractivity contribution in [1.82, 2.24) is 20.1 Å². The van der Waals surface area contributed by atoms with Crippen LogP contribution >= 0.6 is 11.6 Å². The van der Waals surface area contributed by atoms with Gasteiger partial charge in [-0.2, -0.15) is 5.10 Å². The molecule has 0 bridgehead atoms. The molecule has 5 nitrogen and oxygen atoms in total. The number of amides is 1. The second-order valence-corrected chi connectivity index (χ2v) is 3.64. The summed E-state index contributed by atoms with van der Waals surface area (Å²) in [6.45, 7) is 0.389. The van der Waals surface area contributed by atoms with Gasteiger partial charge in [0.05, 0.1) is 6.54 Å². The smallest absolute Gasteiger partial charge is 0.220 e. The predicted molar refractivity (Wildman–Crippen MR) is 57.4 cm³/mol. The maximum absolute atomic E-state index is 11.3. The van der Waals surface area contributed by atoms with Gasteiger partial charge in [0.25, 0.3) is 0 Å². The van der Waals surface area contributed by atoms with Crippen LogP contribution in [0.15, 0.2) is 6.33 Å². The molecule has 0 spiro atoms. The van der Waals surface area contributed by atoms with E-state index in [1.165, 1.54) is 0 Å². The minimum Gasteiger partial charge on any atom is -0.349 e. The molecule has 0 aromatic carbocycles. The Hall–Kier alpha value is -1.10. The number of unbranched alkanes of at least 4 members (excludes halogenated alkanes) is 1. The Labute approximate surface area is 93.8 Å². The molecule has 1 aromatic heterocycles. The lowest BCUT2D eigenvalue weighted by Crippen LogP contribution is -2.23. The zero-order chi connectivity index (χ0) is 11.1. The molecule has 0 fully saturated rings. The SMILES string of the molecule is Cn1cnc(CNC(=O)CCCCCl)n1. The molecule has 1 N–H and O–H groups in total. The molecule has 0 radical (unpaired) electrons. The summed E-state index contributed by atoms with van der Waals surface area (Å²) in [5.74, 6) is 1.26. The van der Waals surface area contributed by atoms with Gasteiger partial charge in [0, 0.05) is 19.3 Å². The summed E-state index contributed by atoms with van der Waals surface area (Å²) in [5, 5.41) is 6.80. The number of nitrogens with one attached hydrogen (secondary N) is 1. The number of hydrogen-bond acceptors (Lipinski definition) is 3. The molecule has 6 heteroatoms. The molecule has 1 aromatic rings. The van der Waals surface area contributed by atoms with E-state index in [0.717, 1.165) is 12.8 Å². The molecule has 1 rings (SSSR count). The van der Waals surface area contributed by atoms with Crippen LogP contribution in [0.25, 0.3) is 0 Å². The van der Waals surface area contributed by atoms with Crippen LogP contribution in [0.2, 0.25) is 0 Å². The van der Waals surface area contributed by atoms with Gasteiger partial charge in [0.15, 0.2) is 5.82 Å². The molecule has 0 unspecified atom stereocenters. The van der Waals surface area contributed by atoms with E-state index in [2.05, 4.69) is 15.4 Å². The number of nitrogens with zero attached hydrogens (tertiary/aromatic N) is 3. The molecule has 1 heterocycles. The third kappa shape index (κ3) is 4.78. The Balaban J connectivity index is 2.16. The second kappa shape index (κ2) is 6.40. The lowest BCUT2D eigenvalue weighted by atomic mass is 10.2. The number of carbonyl (C=O) groups excluding carboxylic acids is 1. The van der Waals surface area contributed by atoms with E-state index in [-0.39, 0.29) is 5.91 Å². The highest BCUT2D eigenvalue weighted by molar-refractivity contribution is 6.17. The summed E-state index contributed by atoms with van der Waals surface area (Å²) >= 11 is 5.51. The highest BCUT2D eigenvalue weighted by Gasteiger charge is 2.03. The van der Waals surface area contributed by atoms with Crippen molar-refractivity contribution in [2.24, 2.45) is 7.05 Å². The molecule has 0 aliphatic heterocycles. The Morgan fingerprint density at radius 2 is 2.40 bits per heavy atom. The van der Waals surface area contributed by atoms with Crippen molar-refractivity contribution in [3.8, 4) is 0 Å². The van der Waals surface area contributed by atoms with Crippen molar-refractivity contribution in [2.75, 3.05) is 5.88 Å². The van der Waals surface area contributed by atoms with Crippen molar-refractivity contribution >= 4 is 17.5 Å². The Morgan fingerprint density at radius 1 is 1.60 bits per heavy atom. The van der Waals surface area contributed by atoms with Gasteiger partial charge in [-0.25, -0.2) is 4.98 Å². The van der Waals surface area contributed by atoms with Crippen LogP contribution in [0.3, 0.4) is 0 Å². The molecule has 84 valence electrons. The quantitative estimate of drug-likeness (QED) is 0.582. The highest BCUT2D eigenvalue weighted by Crippen LogP contribution is 1.97. The number of aryl methyl sites for hydroxylation is 1. The average Bonchev–Trinajstić information content (AvgIpc) is 2.62. The van der Waals surface area contributed by atoms with Crippen molar-refractivity contribution in [1.29, 1.82) is 0 Å². The summed E-state index contributed by atoms with van der Waals surface area (Å²) < 4.78 is 1.61. The first-order chi connectivity index (χ1) is 7.22. The van der Waals surface area contributed by atoms with Gasteiger partial charge < -0.3 is 5.32 Å². The predicted octanol–water partition coefficient (Wildman–Crippen LogP) is 0.840. The zero-order valence-electron chi connectivity index (χ0n) is 8.74. The van der Waals surface area contributed by atoms with Crippen LogP contribution in [0.1, 0.15) is 25.1 Å². The minimum atomic E-state index is 0.0209. The van der Waals surface area contributed by atoms with E-state index in [4.69, 9.17) is 11.6 Å². The van der Waals surface area contributed by atoms with Gasteiger partial charge in [-0.05, 0) is 12.8 Å². The van der Waals surface area contributed by atoms with Crippen LogP contribution in [-0.4, -0.2) is 26.6 Å². The first-order valence-corrected chi connectivity index (χ1v) is 5.43. The van der Waals surface area contributed by atoms with E-state index < -0.39 is 0 Å². The fourth-order valence-electron chi connectivity index (χ4n) is 1.11. The van der Waals surface area contributed by atoms with E-state index in [0.29, 0.717) is 24.7 Å². The molecule has 0 aliphatic rings. The third-order valence-electron chi connectivity index (χ3n) is 1.88. The van der Waals surface area contributed by atoms with E-state index in [9.17, 15) is 4.79 Å². The zero-order valence-corrected chi connectivity index (χ0v) is 9.50. The van der Waals surface area contributed by atoms with Crippen LogP contribution in [0.4, 0.5) is 0 Å². The maximum atomic E-state index is 11.3. The van der Waals surface area contributed by atoms with Gasteiger partial charge in [0.2, 0.25) is 5.91 Å². The van der Waals surface area contributed by atoms with Crippen LogP contribution in [0.5, 0.6) is 0 Å². The van der Waals surface area contributed by atoms with Gasteiger partial charge in [-0.3, -0.25) is 9.48 Å². The normalized spacial score (nSPS) is 10.3. The van der Waals surface area contributed by atoms with Crippen molar-refractivity contribution in [3.63, 3.8) is 0 Å². The van der Waals surface area contributed by atoms with Crippen molar-refractivity contribution < 1.29 is 4.79 Å². The summed E-state index contributed by atoms with van der Waals surface area (Å²) in [5.41, 5.74) is 0. The number of rotatable bonds is 6. The second-order valence-electron chi connectivity index (χ2n) is 3.26. The number of alkyl halides is 1. The fraction of sp³-hybridized carbons (Fsp3) is 0.667. The molecule has 0 aliphatic carbocycles. The first kappa shape index (κ1) is 12.0. The lowest BCUT2D eigenvalue weighted by Gasteiger charge is -2.01. The Bertz CT molecular complexity index is 313. The van der Waals surface area contributed by atoms with Crippen molar-refractivity contribution in [3.05, 3.63) is 12.2 Å². The van der Waals surface area contributed by atoms with Crippen LogP contribution < -0.4 is 5.32 Å². The fourth-order valence-corrected chi connectivity index (χ4v) is 1.30. The topological polar surface area (TPSA) is 59.8 Å². The minimum absolute atomic E-state index is 0.0209. The summed E-state index contributed by atoms with van der Waals surface area (Å²) in [6.07, 6.45) is 3.82. The van der Waals surface area contributed by atoms with E-state index >= 15 is 0 Å². The third-order valence-corrected chi connectivity index (χ3v) is 2.15. The maximum Gasteiger partial charge on any atom is 0.220 e. The molecule has 15 heavy (non-hydrogen) atoms. The van der Waals surface area contributed by atoms with Gasteiger partial charge in [-0.15, -0.1) is 11.6 Å². The number of aromatic nitrogens is 3. The van der Waals surface area contributed by atoms with Gasteiger partial charge in [-0.1, -0.05) is 0 Å². The summed E-state index contributed by atoms with van der Waals surface area (Å²) in [4.78, 5) is 15.3. The molecule has 0 atom stereocenters. The van der Waals surface area contributed by atoms with Crippen LogP contribution in [-0.2, 0) is 18.4 Å². The molecular weight excluding hydrogens is 216 g/mol. The number of halogens is 1. The van der Waals surface area contributed by atoms with Gasteiger partial charge in [0.1, 0.15) is 6.33 Å². The van der Waals surface area contributed by atoms with Crippen LogP contribution in [0, 0.1) is 0 Å². The Morgan fingerprint density at radius 3 is 3.00 bits per heavy atom. The summed E-state index contributed by atoms with van der Waals surface area (Å²) in [6, 6.07) is 0. The average molecular weight is 231 g/mol. The highest BCUT2D eigenvalue weighted by atomic mass is 35.5. The first-order valence-electron chi connectivity index (χ1n) is 4.89.